The third-order valence-corrected chi connectivity index (χ3v) is 6.94. The van der Waals surface area contributed by atoms with Gasteiger partial charge in [-0.15, -0.1) is 0 Å². The van der Waals surface area contributed by atoms with E-state index in [1.54, 1.807) is 26.0 Å². The average Bonchev–Trinajstić information content (AvgIpc) is 3.18. The molecule has 2 aromatic rings. The molecule has 0 saturated carbocycles. The lowest BCUT2D eigenvalue weighted by Crippen LogP contribution is -2.43. The first-order valence-electron chi connectivity index (χ1n) is 12.4. The lowest BCUT2D eigenvalue weighted by molar-refractivity contribution is -0.142. The van der Waals surface area contributed by atoms with Crippen molar-refractivity contribution in [2.24, 2.45) is 11.8 Å². The zero-order valence-electron chi connectivity index (χ0n) is 21.4. The number of allylic oxidation sites excluding steroid dienone is 5. The topological polar surface area (TPSA) is 104 Å². The number of fused-ring (bicyclic) bond motifs is 1. The Balaban J connectivity index is 1.70. The Morgan fingerprint density at radius 1 is 1.14 bits per heavy atom. The molecule has 2 unspecified atom stereocenters. The first kappa shape index (κ1) is 26.5. The number of nitrogens with zero attached hydrogens (tertiary/aromatic N) is 3. The Hall–Kier alpha value is -3.59. The van der Waals surface area contributed by atoms with Gasteiger partial charge in [0.2, 0.25) is 5.95 Å². The van der Waals surface area contributed by atoms with Crippen molar-refractivity contribution in [3.8, 4) is 0 Å². The second-order valence-corrected chi connectivity index (χ2v) is 9.37. The van der Waals surface area contributed by atoms with Crippen LogP contribution in [-0.4, -0.2) is 26.7 Å². The number of carbonyl (C=O) groups excluding carboxylic acids is 1. The van der Waals surface area contributed by atoms with Crippen molar-refractivity contribution in [1.82, 2.24) is 14.1 Å². The van der Waals surface area contributed by atoms with Gasteiger partial charge in [0.05, 0.1) is 25.5 Å². The summed E-state index contributed by atoms with van der Waals surface area (Å²) in [6.45, 7) is 8.12. The van der Waals surface area contributed by atoms with E-state index in [4.69, 9.17) is 21.1 Å². The highest BCUT2D eigenvalue weighted by molar-refractivity contribution is 6.30. The van der Waals surface area contributed by atoms with Gasteiger partial charge >= 0.3 is 17.3 Å². The first-order valence-corrected chi connectivity index (χ1v) is 12.8. The molecule has 0 radical (unpaired) electrons. The summed E-state index contributed by atoms with van der Waals surface area (Å²) in [6, 6.07) is 7.16. The first-order chi connectivity index (χ1) is 17.8. The number of aromatic nitrogens is 3. The highest BCUT2D eigenvalue weighted by Gasteiger charge is 2.40. The summed E-state index contributed by atoms with van der Waals surface area (Å²) < 4.78 is 13.7. The summed E-state index contributed by atoms with van der Waals surface area (Å²) >= 11 is 6.03. The number of hydrogen-bond donors (Lipinski definition) is 1. The molecule has 0 saturated heterocycles. The maximum atomic E-state index is 13.3. The quantitative estimate of drug-likeness (QED) is 0.488. The minimum absolute atomic E-state index is 0.0867. The van der Waals surface area contributed by atoms with Crippen LogP contribution in [0.15, 0.2) is 68.8 Å². The van der Waals surface area contributed by atoms with E-state index < -0.39 is 11.4 Å². The number of esters is 1. The Kier molecular flexibility index (Phi) is 8.02. The van der Waals surface area contributed by atoms with Crippen molar-refractivity contribution in [3.63, 3.8) is 0 Å². The minimum Gasteiger partial charge on any atom is -0.466 e. The van der Waals surface area contributed by atoms with Crippen LogP contribution in [0.2, 0.25) is 5.02 Å². The SMILES string of the molecule is CCOC(=O)CC1=C(C)OC2=CC=C(Nc3nc(=O)n(CC)c(=O)n3Cc3ccc(Cl)cc3)C(CC)C21. The Bertz CT molecular complexity index is 1400. The van der Waals surface area contributed by atoms with Crippen LogP contribution in [0, 0.1) is 11.8 Å². The molecule has 0 bridgehead atoms. The minimum atomic E-state index is -0.619. The molecule has 0 spiro atoms. The third kappa shape index (κ3) is 5.41. The summed E-state index contributed by atoms with van der Waals surface area (Å²) in [6.07, 6.45) is 4.59. The van der Waals surface area contributed by atoms with E-state index in [-0.39, 0.29) is 43.3 Å². The van der Waals surface area contributed by atoms with Gasteiger partial charge in [-0.3, -0.25) is 9.36 Å². The fourth-order valence-electron chi connectivity index (χ4n) is 4.88. The van der Waals surface area contributed by atoms with Crippen LogP contribution in [0.4, 0.5) is 5.95 Å². The normalized spacial score (nSPS) is 18.6. The molecule has 2 heterocycles. The highest BCUT2D eigenvalue weighted by atomic mass is 35.5. The molecule has 37 heavy (non-hydrogen) atoms. The van der Waals surface area contributed by atoms with Crippen LogP contribution >= 0.6 is 11.6 Å². The monoisotopic (exact) mass is 526 g/mol. The van der Waals surface area contributed by atoms with E-state index in [1.807, 2.05) is 38.1 Å². The van der Waals surface area contributed by atoms with Gasteiger partial charge in [0.15, 0.2) is 0 Å². The Labute approximate surface area is 220 Å². The van der Waals surface area contributed by atoms with Crippen LogP contribution < -0.4 is 16.7 Å². The van der Waals surface area contributed by atoms with Gasteiger partial charge in [-0.2, -0.15) is 4.98 Å². The standard InChI is InChI=1S/C27H31ClN4O5/c1-5-19-21(12-13-22-24(19)20(16(4)37-22)14-23(33)36-7-3)29-25-30-26(34)31(6-2)27(35)32(25)15-17-8-10-18(28)11-9-17/h8-13,19,24H,5-7,14-15H2,1-4H3,(H,29,30,34). The Morgan fingerprint density at radius 3 is 2.51 bits per heavy atom. The fourth-order valence-corrected chi connectivity index (χ4v) is 5.01. The number of anilines is 1. The van der Waals surface area contributed by atoms with Crippen LogP contribution in [0.25, 0.3) is 0 Å². The number of halogens is 1. The van der Waals surface area contributed by atoms with Crippen molar-refractivity contribution >= 4 is 23.5 Å². The summed E-state index contributed by atoms with van der Waals surface area (Å²) in [5.41, 5.74) is 1.41. The van der Waals surface area contributed by atoms with Gasteiger partial charge in [-0.05, 0) is 62.6 Å². The van der Waals surface area contributed by atoms with Gasteiger partial charge in [-0.1, -0.05) is 30.7 Å². The lowest BCUT2D eigenvalue weighted by Gasteiger charge is -2.30. The van der Waals surface area contributed by atoms with Crippen LogP contribution in [0.1, 0.15) is 46.1 Å². The summed E-state index contributed by atoms with van der Waals surface area (Å²) in [4.78, 5) is 42.5. The van der Waals surface area contributed by atoms with Crippen molar-refractivity contribution in [2.75, 3.05) is 11.9 Å². The zero-order valence-corrected chi connectivity index (χ0v) is 22.2. The predicted molar refractivity (Wildman–Crippen MR) is 141 cm³/mol. The van der Waals surface area contributed by atoms with Gasteiger partial charge in [0, 0.05) is 23.2 Å². The molecule has 4 rings (SSSR count). The number of rotatable bonds is 9. The molecule has 0 fully saturated rings. The van der Waals surface area contributed by atoms with Gasteiger partial charge < -0.3 is 14.8 Å². The largest absolute Gasteiger partial charge is 0.466 e. The Morgan fingerprint density at radius 2 is 1.86 bits per heavy atom. The van der Waals surface area contributed by atoms with Crippen molar-refractivity contribution in [3.05, 3.63) is 90.8 Å². The number of nitrogens with one attached hydrogen (secondary N) is 1. The van der Waals surface area contributed by atoms with E-state index in [0.29, 0.717) is 17.4 Å². The predicted octanol–water partition coefficient (Wildman–Crippen LogP) is 4.22. The third-order valence-electron chi connectivity index (χ3n) is 6.69. The molecular formula is C27H31ClN4O5. The molecule has 1 N–H and O–H groups in total. The maximum absolute atomic E-state index is 13.3. The van der Waals surface area contributed by atoms with E-state index in [0.717, 1.165) is 33.6 Å². The van der Waals surface area contributed by atoms with E-state index in [9.17, 15) is 14.4 Å². The second-order valence-electron chi connectivity index (χ2n) is 8.93. The van der Waals surface area contributed by atoms with Gasteiger partial charge in [0.1, 0.15) is 11.5 Å². The van der Waals surface area contributed by atoms with E-state index in [1.165, 1.54) is 4.57 Å². The number of benzene rings is 1. The average molecular weight is 527 g/mol. The van der Waals surface area contributed by atoms with E-state index >= 15 is 0 Å². The summed E-state index contributed by atoms with van der Waals surface area (Å²) in [5.74, 6) is 1.07. The summed E-state index contributed by atoms with van der Waals surface area (Å²) in [7, 11) is 0. The molecule has 1 aliphatic carbocycles. The molecule has 1 aliphatic heterocycles. The zero-order chi connectivity index (χ0) is 26.7. The van der Waals surface area contributed by atoms with E-state index in [2.05, 4.69) is 10.3 Å². The molecule has 9 nitrogen and oxygen atoms in total. The van der Waals surface area contributed by atoms with Crippen LogP contribution in [0.5, 0.6) is 0 Å². The van der Waals surface area contributed by atoms with Gasteiger partial charge in [-0.25, -0.2) is 14.2 Å². The van der Waals surface area contributed by atoms with Crippen molar-refractivity contribution in [1.29, 1.82) is 0 Å². The molecule has 2 aliphatic rings. The molecular weight excluding hydrogens is 496 g/mol. The van der Waals surface area contributed by atoms with Gasteiger partial charge in [0.25, 0.3) is 0 Å². The second kappa shape index (κ2) is 11.2. The molecule has 196 valence electrons. The van der Waals surface area contributed by atoms with Crippen LogP contribution in [-0.2, 0) is 27.4 Å². The number of hydrogen-bond acceptors (Lipinski definition) is 7. The molecule has 10 heteroatoms. The molecule has 0 amide bonds. The maximum Gasteiger partial charge on any atom is 0.354 e. The smallest absolute Gasteiger partial charge is 0.354 e. The van der Waals surface area contributed by atoms with Crippen LogP contribution in [0.3, 0.4) is 0 Å². The molecule has 1 aromatic carbocycles. The lowest BCUT2D eigenvalue weighted by atomic mass is 9.77. The number of ether oxygens (including phenoxy) is 2. The fraction of sp³-hybridized carbons (Fsp3) is 0.407. The van der Waals surface area contributed by atoms with Crippen molar-refractivity contribution < 1.29 is 14.3 Å². The number of carbonyl (C=O) groups is 1. The highest BCUT2D eigenvalue weighted by Crippen LogP contribution is 2.46. The van der Waals surface area contributed by atoms with Crippen molar-refractivity contribution in [2.45, 2.75) is 53.6 Å². The molecule has 1 aromatic heterocycles. The molecule has 2 atom stereocenters. The summed E-state index contributed by atoms with van der Waals surface area (Å²) in [5, 5.41) is 3.87.